The topological polar surface area (TPSA) is 70.1 Å². The van der Waals surface area contributed by atoms with Gasteiger partial charge >= 0.3 is 5.97 Å². The van der Waals surface area contributed by atoms with Crippen LogP contribution in [0.5, 0.6) is 0 Å². The van der Waals surface area contributed by atoms with Crippen LogP contribution in [0.15, 0.2) is 48.3 Å². The van der Waals surface area contributed by atoms with Crippen LogP contribution in [0.25, 0.3) is 16.7 Å². The molecule has 2 fully saturated rings. The number of ether oxygens (including phenoxy) is 1. The molecule has 6 atom stereocenters. The summed E-state index contributed by atoms with van der Waals surface area (Å²) in [6.45, 7) is 8.97. The predicted molar refractivity (Wildman–Crippen MR) is 141 cm³/mol. The first kappa shape index (κ1) is 24.3. The Morgan fingerprint density at radius 3 is 2.66 bits per heavy atom. The maximum absolute atomic E-state index is 11.7. The third-order valence-corrected chi connectivity index (χ3v) is 9.78. The second-order valence-corrected chi connectivity index (χ2v) is 11.2. The number of nitrogens with two attached hydrogens (primary N) is 1. The van der Waals surface area contributed by atoms with E-state index in [1.807, 2.05) is 20.2 Å². The minimum absolute atomic E-state index is 0.0000493. The van der Waals surface area contributed by atoms with Gasteiger partial charge in [0.25, 0.3) is 0 Å². The highest BCUT2D eigenvalue weighted by molar-refractivity contribution is 5.80. The summed E-state index contributed by atoms with van der Waals surface area (Å²) in [6.07, 6.45) is 14.8. The number of imidazole rings is 1. The molecule has 0 radical (unpaired) electrons. The molecule has 0 aliphatic heterocycles. The molecule has 1 heterocycles. The van der Waals surface area contributed by atoms with Gasteiger partial charge in [0.05, 0.1) is 17.6 Å². The van der Waals surface area contributed by atoms with E-state index in [1.54, 1.807) is 0 Å². The molecule has 0 amide bonds. The SMILES string of the molecule is CC.CC12CCC(OC(=O)CN)CC1=CCC1C2CCC2(C)C(n3cnc4ccccc43)=CCC12. The highest BCUT2D eigenvalue weighted by Gasteiger charge is 2.57. The summed E-state index contributed by atoms with van der Waals surface area (Å²) in [5.41, 5.74) is 11.2. The number of para-hydroxylation sites is 2. The summed E-state index contributed by atoms with van der Waals surface area (Å²) in [5.74, 6) is 1.83. The molecule has 2 aromatic rings. The van der Waals surface area contributed by atoms with Gasteiger partial charge in [-0.2, -0.15) is 0 Å². The van der Waals surface area contributed by atoms with Gasteiger partial charge < -0.3 is 15.0 Å². The van der Waals surface area contributed by atoms with Crippen molar-refractivity contribution in [3.05, 3.63) is 48.3 Å². The van der Waals surface area contributed by atoms with Crippen molar-refractivity contribution in [2.75, 3.05) is 6.54 Å². The first-order valence-corrected chi connectivity index (χ1v) is 13.7. The van der Waals surface area contributed by atoms with E-state index in [0.29, 0.717) is 17.8 Å². The molecule has 1 aromatic carbocycles. The fourth-order valence-corrected chi connectivity index (χ4v) is 8.03. The number of hydrogen-bond acceptors (Lipinski definition) is 4. The average Bonchev–Trinajstić information content (AvgIpc) is 3.45. The summed E-state index contributed by atoms with van der Waals surface area (Å²) in [4.78, 5) is 16.4. The number of fused-ring (bicyclic) bond motifs is 6. The van der Waals surface area contributed by atoms with Gasteiger partial charge in [-0.3, -0.25) is 4.79 Å². The molecule has 5 heteroatoms. The smallest absolute Gasteiger partial charge is 0.319 e. The number of rotatable bonds is 3. The predicted octanol–water partition coefficient (Wildman–Crippen LogP) is 6.35. The van der Waals surface area contributed by atoms with E-state index in [9.17, 15) is 4.79 Å². The summed E-state index contributed by atoms with van der Waals surface area (Å²) >= 11 is 0. The number of hydrogen-bond donors (Lipinski definition) is 1. The Labute approximate surface area is 209 Å². The van der Waals surface area contributed by atoms with Gasteiger partial charge in [0.15, 0.2) is 0 Å². The third kappa shape index (κ3) is 3.78. The molecule has 1 aromatic heterocycles. The zero-order chi connectivity index (χ0) is 24.8. The molecule has 4 aliphatic carbocycles. The number of carbonyl (C=O) groups is 1. The van der Waals surface area contributed by atoms with Gasteiger partial charge in [-0.05, 0) is 73.8 Å². The number of nitrogens with zero attached hydrogens (tertiary/aromatic N) is 2. The van der Waals surface area contributed by atoms with Crippen LogP contribution in [-0.4, -0.2) is 28.2 Å². The van der Waals surface area contributed by atoms with Crippen molar-refractivity contribution in [2.45, 2.75) is 78.7 Å². The lowest BCUT2D eigenvalue weighted by atomic mass is 9.47. The minimum atomic E-state index is -0.275. The minimum Gasteiger partial charge on any atom is -0.461 e. The fraction of sp³-hybridized carbons (Fsp3) is 0.600. The molecule has 2 N–H and O–H groups in total. The Hall–Kier alpha value is -2.40. The van der Waals surface area contributed by atoms with Crippen LogP contribution in [0.3, 0.4) is 0 Å². The quantitative estimate of drug-likeness (QED) is 0.415. The van der Waals surface area contributed by atoms with Crippen molar-refractivity contribution in [2.24, 2.45) is 34.3 Å². The molecule has 0 spiro atoms. The maximum atomic E-state index is 11.7. The number of allylic oxidation sites excluding steroid dienone is 3. The van der Waals surface area contributed by atoms with E-state index in [-0.39, 0.29) is 29.4 Å². The van der Waals surface area contributed by atoms with E-state index >= 15 is 0 Å². The van der Waals surface area contributed by atoms with Crippen LogP contribution in [0, 0.1) is 28.6 Å². The fourth-order valence-electron chi connectivity index (χ4n) is 8.03. The van der Waals surface area contributed by atoms with Crippen molar-refractivity contribution < 1.29 is 9.53 Å². The van der Waals surface area contributed by atoms with Crippen LogP contribution in [0.2, 0.25) is 0 Å². The van der Waals surface area contributed by atoms with Crippen molar-refractivity contribution in [3.8, 4) is 0 Å². The van der Waals surface area contributed by atoms with Crippen molar-refractivity contribution in [3.63, 3.8) is 0 Å². The molecule has 2 saturated carbocycles. The Morgan fingerprint density at radius 2 is 1.86 bits per heavy atom. The summed E-state index contributed by atoms with van der Waals surface area (Å²) in [6, 6.07) is 8.48. The molecule has 5 nitrogen and oxygen atoms in total. The number of esters is 1. The molecule has 0 bridgehead atoms. The van der Waals surface area contributed by atoms with E-state index in [2.05, 4.69) is 59.8 Å². The average molecular weight is 476 g/mol. The lowest BCUT2D eigenvalue weighted by molar-refractivity contribution is -0.149. The van der Waals surface area contributed by atoms with Gasteiger partial charge in [-0.1, -0.05) is 57.6 Å². The van der Waals surface area contributed by atoms with Crippen LogP contribution in [0.4, 0.5) is 0 Å². The largest absolute Gasteiger partial charge is 0.461 e. The van der Waals surface area contributed by atoms with E-state index < -0.39 is 0 Å². The molecular formula is C30H41N3O2. The highest BCUT2D eigenvalue weighted by atomic mass is 16.5. The maximum Gasteiger partial charge on any atom is 0.319 e. The Morgan fingerprint density at radius 1 is 1.09 bits per heavy atom. The van der Waals surface area contributed by atoms with E-state index in [0.717, 1.165) is 37.6 Å². The van der Waals surface area contributed by atoms with Crippen molar-refractivity contribution >= 4 is 22.7 Å². The van der Waals surface area contributed by atoms with Gasteiger partial charge in [0.2, 0.25) is 0 Å². The second-order valence-electron chi connectivity index (χ2n) is 11.2. The van der Waals surface area contributed by atoms with E-state index in [4.69, 9.17) is 10.5 Å². The van der Waals surface area contributed by atoms with Crippen LogP contribution in [-0.2, 0) is 9.53 Å². The lowest BCUT2D eigenvalue weighted by Gasteiger charge is -2.57. The van der Waals surface area contributed by atoms with Crippen LogP contribution >= 0.6 is 0 Å². The van der Waals surface area contributed by atoms with Gasteiger partial charge in [0.1, 0.15) is 12.4 Å². The molecular weight excluding hydrogens is 434 g/mol. The Bertz CT molecular complexity index is 1160. The molecule has 6 unspecified atom stereocenters. The van der Waals surface area contributed by atoms with Crippen LogP contribution < -0.4 is 5.73 Å². The van der Waals surface area contributed by atoms with Gasteiger partial charge in [0, 0.05) is 17.5 Å². The first-order chi connectivity index (χ1) is 16.9. The third-order valence-electron chi connectivity index (χ3n) is 9.78. The zero-order valence-electron chi connectivity index (χ0n) is 21.8. The molecule has 0 saturated heterocycles. The van der Waals surface area contributed by atoms with Crippen molar-refractivity contribution in [1.29, 1.82) is 0 Å². The lowest BCUT2D eigenvalue weighted by Crippen LogP contribution is -2.50. The standard InChI is InChI=1S/C28H35N3O2.C2H6/c1-27-13-11-19(33-26(32)16-29)15-18(27)7-8-20-21-9-10-25(28(21,2)14-12-22(20)27)31-17-30-23-5-3-4-6-24(23)31;1-2/h3-7,10,17,19-22H,8-9,11-16,29H2,1-2H3;1-2H3. The molecule has 188 valence electrons. The monoisotopic (exact) mass is 475 g/mol. The van der Waals surface area contributed by atoms with E-state index in [1.165, 1.54) is 29.6 Å². The summed E-state index contributed by atoms with van der Waals surface area (Å²) < 4.78 is 7.98. The number of carbonyl (C=O) groups excluding carboxylic acids is 1. The number of aromatic nitrogens is 2. The van der Waals surface area contributed by atoms with Gasteiger partial charge in [-0.25, -0.2) is 4.98 Å². The molecule has 35 heavy (non-hydrogen) atoms. The Balaban J connectivity index is 0.00000124. The summed E-state index contributed by atoms with van der Waals surface area (Å²) in [7, 11) is 0. The van der Waals surface area contributed by atoms with Crippen molar-refractivity contribution in [1.82, 2.24) is 9.55 Å². The van der Waals surface area contributed by atoms with Gasteiger partial charge in [-0.15, -0.1) is 0 Å². The number of benzene rings is 1. The molecule has 4 aliphatic rings. The normalized spacial score (nSPS) is 35.6. The van der Waals surface area contributed by atoms with Crippen LogP contribution in [0.1, 0.15) is 72.6 Å². The zero-order valence-corrected chi connectivity index (χ0v) is 21.8. The second kappa shape index (κ2) is 9.24. The highest BCUT2D eigenvalue weighted by Crippen LogP contribution is 2.65. The first-order valence-electron chi connectivity index (χ1n) is 13.7. The Kier molecular flexibility index (Phi) is 6.41. The molecule has 6 rings (SSSR count). The summed E-state index contributed by atoms with van der Waals surface area (Å²) in [5, 5.41) is 0.